The molecule has 0 spiro atoms. The van der Waals surface area contributed by atoms with Gasteiger partial charge in [-0.1, -0.05) is 22.9 Å². The van der Waals surface area contributed by atoms with Crippen LogP contribution in [-0.2, 0) is 10.7 Å². The molecule has 3 aromatic rings. The molecule has 2 amide bonds. The number of alkyl halides is 2. The predicted molar refractivity (Wildman–Crippen MR) is 162 cm³/mol. The molecule has 248 valence electrons. The molecular weight excluding hydrogens is 605 g/mol. The number of benzene rings is 1. The third-order valence-corrected chi connectivity index (χ3v) is 8.15. The molecule has 15 heteroatoms. The number of ether oxygens (including phenoxy) is 1. The van der Waals surface area contributed by atoms with Crippen LogP contribution in [0.15, 0.2) is 35.1 Å². The lowest BCUT2D eigenvalue weighted by atomic mass is 9.92. The van der Waals surface area contributed by atoms with Crippen LogP contribution in [0.25, 0.3) is 0 Å². The molecule has 0 radical (unpaired) electrons. The van der Waals surface area contributed by atoms with Crippen LogP contribution in [-0.4, -0.2) is 87.9 Å². The van der Waals surface area contributed by atoms with Gasteiger partial charge in [0, 0.05) is 64.5 Å². The van der Waals surface area contributed by atoms with E-state index in [1.54, 1.807) is 49.8 Å². The smallest absolute Gasteiger partial charge is 0.407 e. The van der Waals surface area contributed by atoms with Crippen LogP contribution < -0.4 is 15.1 Å². The van der Waals surface area contributed by atoms with E-state index in [2.05, 4.69) is 25.4 Å². The van der Waals surface area contributed by atoms with Crippen molar-refractivity contribution < 1.29 is 32.0 Å². The number of carbonyl (C=O) groups is 2. The van der Waals surface area contributed by atoms with Gasteiger partial charge in [0.05, 0.1) is 11.6 Å². The predicted octanol–water partition coefficient (Wildman–Crippen LogP) is 4.66. The van der Waals surface area contributed by atoms with E-state index in [0.29, 0.717) is 63.0 Å². The van der Waals surface area contributed by atoms with Crippen LogP contribution in [0.5, 0.6) is 0 Å². The Balaban J connectivity index is 1.23. The first-order valence-electron chi connectivity index (χ1n) is 15.2. The number of amides is 2. The molecule has 2 saturated heterocycles. The minimum atomic E-state index is -3.20. The number of hydrogen-bond donors (Lipinski definition) is 1. The molecule has 12 nitrogen and oxygen atoms in total. The molecule has 0 saturated carbocycles. The Labute approximate surface area is 265 Å². The van der Waals surface area contributed by atoms with Gasteiger partial charge in [0.1, 0.15) is 11.4 Å². The molecule has 1 aromatic carbocycles. The summed E-state index contributed by atoms with van der Waals surface area (Å²) in [7, 11) is 1.70. The highest BCUT2D eigenvalue weighted by Crippen LogP contribution is 2.33. The molecular formula is C31H39F3N8O4. The quantitative estimate of drug-likeness (QED) is 0.388. The Morgan fingerprint density at radius 2 is 1.74 bits per heavy atom. The van der Waals surface area contributed by atoms with Crippen molar-refractivity contribution in [1.82, 2.24) is 30.3 Å². The number of aryl methyl sites for hydroxylation is 1. The largest absolute Gasteiger partial charge is 0.444 e. The number of alkyl carbamates (subject to hydrolysis) is 1. The third-order valence-electron chi connectivity index (χ3n) is 8.15. The average Bonchev–Trinajstić information content (AvgIpc) is 3.65. The summed E-state index contributed by atoms with van der Waals surface area (Å²) in [4.78, 5) is 43.9. The molecule has 2 atom stereocenters. The Kier molecular flexibility index (Phi) is 9.14. The topological polar surface area (TPSA) is 130 Å². The lowest BCUT2D eigenvalue weighted by molar-refractivity contribution is 0.00557. The zero-order valence-corrected chi connectivity index (χ0v) is 26.8. The number of halogens is 3. The minimum absolute atomic E-state index is 0.0331. The lowest BCUT2D eigenvalue weighted by Crippen LogP contribution is -2.45. The zero-order chi connectivity index (χ0) is 33.4. The summed E-state index contributed by atoms with van der Waals surface area (Å²) in [5, 5.41) is 6.27. The van der Waals surface area contributed by atoms with Crippen LogP contribution in [0.3, 0.4) is 0 Å². The number of rotatable bonds is 7. The highest BCUT2D eigenvalue weighted by molar-refractivity contribution is 5.93. The molecule has 1 N–H and O–H groups in total. The molecule has 2 aliphatic heterocycles. The molecule has 5 rings (SSSR count). The fraction of sp³-hybridized carbons (Fsp3) is 0.548. The van der Waals surface area contributed by atoms with Gasteiger partial charge in [0.15, 0.2) is 0 Å². The second kappa shape index (κ2) is 12.8. The highest BCUT2D eigenvalue weighted by Gasteiger charge is 2.39. The first-order valence-corrected chi connectivity index (χ1v) is 15.2. The van der Waals surface area contributed by atoms with E-state index in [4.69, 9.17) is 9.26 Å². The van der Waals surface area contributed by atoms with Crippen LogP contribution in [0.4, 0.5) is 29.9 Å². The van der Waals surface area contributed by atoms with Gasteiger partial charge in [-0.2, -0.15) is 13.8 Å². The fourth-order valence-electron chi connectivity index (χ4n) is 5.77. The number of aromatic nitrogens is 4. The Morgan fingerprint density at radius 1 is 1.07 bits per heavy atom. The van der Waals surface area contributed by atoms with Crippen molar-refractivity contribution in [1.29, 1.82) is 0 Å². The van der Waals surface area contributed by atoms with E-state index in [0.717, 1.165) is 5.56 Å². The van der Waals surface area contributed by atoms with Crippen LogP contribution in [0.1, 0.15) is 73.8 Å². The molecule has 2 fully saturated rings. The van der Waals surface area contributed by atoms with Crippen LogP contribution >= 0.6 is 0 Å². The van der Waals surface area contributed by atoms with E-state index >= 15 is 0 Å². The number of carbonyl (C=O) groups excluding carboxylic acids is 2. The molecule has 0 aliphatic carbocycles. The molecule has 46 heavy (non-hydrogen) atoms. The van der Waals surface area contributed by atoms with Crippen molar-refractivity contribution in [2.75, 3.05) is 43.0 Å². The first-order chi connectivity index (χ1) is 21.6. The van der Waals surface area contributed by atoms with Crippen molar-refractivity contribution in [3.63, 3.8) is 0 Å². The van der Waals surface area contributed by atoms with Gasteiger partial charge in [0.25, 0.3) is 5.91 Å². The average molecular weight is 645 g/mol. The molecule has 2 aliphatic rings. The van der Waals surface area contributed by atoms with Crippen LogP contribution in [0, 0.1) is 12.7 Å². The lowest BCUT2D eigenvalue weighted by Gasteiger charge is -2.35. The standard InChI is InChI=1S/C31H39F3N8O4/c1-18-7-8-23(32)21(13-18)22-16-42(17-24(22)37-29(44)45-30(2,3)4)27-35-14-19(15-36-27)25(43)40(6)20-9-11-41(12-10-20)28-38-26(39-46-28)31(5,33)34/h7-8,13-15,20,22,24H,9-12,16-17H2,1-6H3,(H,37,44)/t22-,24+/m1/s1. The monoisotopic (exact) mass is 644 g/mol. The maximum atomic E-state index is 15.0. The van der Waals surface area contributed by atoms with Gasteiger partial charge >= 0.3 is 18.0 Å². The summed E-state index contributed by atoms with van der Waals surface area (Å²) in [6, 6.07) is 4.33. The van der Waals surface area contributed by atoms with E-state index in [1.807, 2.05) is 11.8 Å². The van der Waals surface area contributed by atoms with Crippen molar-refractivity contribution in [3.05, 3.63) is 58.9 Å². The Bertz CT molecular complexity index is 1550. The van der Waals surface area contributed by atoms with Gasteiger partial charge in [-0.25, -0.2) is 19.2 Å². The van der Waals surface area contributed by atoms with E-state index < -0.39 is 35.4 Å². The van der Waals surface area contributed by atoms with Gasteiger partial charge in [0.2, 0.25) is 11.8 Å². The summed E-state index contributed by atoms with van der Waals surface area (Å²) >= 11 is 0. The van der Waals surface area contributed by atoms with Crippen molar-refractivity contribution in [3.8, 4) is 0 Å². The van der Waals surface area contributed by atoms with E-state index in [1.165, 1.54) is 18.5 Å². The normalized spacial score (nSPS) is 19.3. The van der Waals surface area contributed by atoms with Crippen LogP contribution in [0.2, 0.25) is 0 Å². The maximum absolute atomic E-state index is 15.0. The zero-order valence-electron chi connectivity index (χ0n) is 26.8. The maximum Gasteiger partial charge on any atom is 0.407 e. The van der Waals surface area contributed by atoms with E-state index in [9.17, 15) is 22.8 Å². The molecule has 4 heterocycles. The number of nitrogens with zero attached hydrogens (tertiary/aromatic N) is 7. The summed E-state index contributed by atoms with van der Waals surface area (Å²) in [6.45, 7) is 9.44. The summed E-state index contributed by atoms with van der Waals surface area (Å²) < 4.78 is 52.5. The van der Waals surface area contributed by atoms with Gasteiger partial charge in [-0.3, -0.25) is 4.79 Å². The van der Waals surface area contributed by atoms with E-state index in [-0.39, 0.29) is 23.8 Å². The first kappa shape index (κ1) is 32.9. The number of nitrogens with one attached hydrogen (secondary N) is 1. The molecule has 0 bridgehead atoms. The second-order valence-corrected chi connectivity index (χ2v) is 13.0. The van der Waals surface area contributed by atoms with Crippen molar-refractivity contribution in [2.45, 2.75) is 77.0 Å². The number of hydrogen-bond acceptors (Lipinski definition) is 10. The van der Waals surface area contributed by atoms with Gasteiger partial charge in [-0.15, -0.1) is 0 Å². The minimum Gasteiger partial charge on any atom is -0.444 e. The Hall–Kier alpha value is -4.43. The van der Waals surface area contributed by atoms with Crippen molar-refractivity contribution >= 4 is 24.0 Å². The van der Waals surface area contributed by atoms with Gasteiger partial charge < -0.3 is 29.3 Å². The number of anilines is 2. The van der Waals surface area contributed by atoms with Gasteiger partial charge in [-0.05, 0) is 52.2 Å². The number of piperidine rings is 1. The summed E-state index contributed by atoms with van der Waals surface area (Å²) in [5.74, 6) is -4.54. The molecule has 2 aromatic heterocycles. The van der Waals surface area contributed by atoms with Crippen molar-refractivity contribution in [2.24, 2.45) is 0 Å². The SMILES string of the molecule is Cc1ccc(F)c([C@H]2CN(c3ncc(C(=O)N(C)C4CCN(c5nc(C(C)(F)F)no5)CC4)cn3)C[C@@H]2NC(=O)OC(C)(C)C)c1. The molecule has 0 unspecified atom stereocenters. The fourth-order valence-corrected chi connectivity index (χ4v) is 5.77. The Morgan fingerprint density at radius 3 is 2.35 bits per heavy atom. The summed E-state index contributed by atoms with van der Waals surface area (Å²) in [6.07, 6.45) is 3.45. The third kappa shape index (κ3) is 7.50. The second-order valence-electron chi connectivity index (χ2n) is 13.0. The summed E-state index contributed by atoms with van der Waals surface area (Å²) in [5.41, 5.74) is 0.968. The highest BCUT2D eigenvalue weighted by atomic mass is 19.3.